The van der Waals surface area contributed by atoms with Crippen molar-refractivity contribution >= 4 is 34.5 Å². The van der Waals surface area contributed by atoms with E-state index in [2.05, 4.69) is 10.3 Å². The Kier molecular flexibility index (Phi) is 6.68. The van der Waals surface area contributed by atoms with Crippen LogP contribution in [0.2, 0.25) is 0 Å². The van der Waals surface area contributed by atoms with Gasteiger partial charge in [0.2, 0.25) is 0 Å². The first kappa shape index (κ1) is 23.7. The molecule has 0 saturated heterocycles. The molecule has 0 bridgehead atoms. The van der Waals surface area contributed by atoms with Crippen molar-refractivity contribution in [3.05, 3.63) is 71.3 Å². The molecule has 0 aromatic heterocycles. The number of amides is 3. The Balaban J connectivity index is 1.79. The summed E-state index contributed by atoms with van der Waals surface area (Å²) in [4.78, 5) is 56.6. The van der Waals surface area contributed by atoms with E-state index < -0.39 is 29.7 Å². The number of benzene rings is 3. The van der Waals surface area contributed by atoms with Crippen LogP contribution < -0.4 is 15.0 Å². The van der Waals surface area contributed by atoms with Crippen LogP contribution >= 0.6 is 0 Å². The number of rotatable bonds is 7. The zero-order valence-corrected chi connectivity index (χ0v) is 19.5. The van der Waals surface area contributed by atoms with E-state index in [0.717, 1.165) is 17.2 Å². The van der Waals surface area contributed by atoms with E-state index in [4.69, 9.17) is 9.47 Å². The van der Waals surface area contributed by atoms with Gasteiger partial charge in [-0.2, -0.15) is 5.48 Å². The Morgan fingerprint density at radius 3 is 2.49 bits per heavy atom. The summed E-state index contributed by atoms with van der Waals surface area (Å²) in [5.41, 5.74) is 3.08. The molecule has 3 aromatic carbocycles. The van der Waals surface area contributed by atoms with Crippen LogP contribution in [0.3, 0.4) is 0 Å². The monoisotopic (exact) mass is 476 g/mol. The highest BCUT2D eigenvalue weighted by Crippen LogP contribution is 2.39. The normalized spacial score (nSPS) is 13.4. The summed E-state index contributed by atoms with van der Waals surface area (Å²) in [6.07, 6.45) is -0.339. The summed E-state index contributed by atoms with van der Waals surface area (Å²) < 4.78 is 11.0. The lowest BCUT2D eigenvalue weighted by atomic mass is 10.00. The largest absolute Gasteiger partial charge is 0.493 e. The molecule has 35 heavy (non-hydrogen) atoms. The number of imide groups is 1. The highest BCUT2D eigenvalue weighted by molar-refractivity contribution is 6.26. The molecule has 9 nitrogen and oxygen atoms in total. The molecule has 0 aliphatic carbocycles. The van der Waals surface area contributed by atoms with Gasteiger partial charge in [0.05, 0.1) is 37.3 Å². The minimum Gasteiger partial charge on any atom is -0.493 e. The van der Waals surface area contributed by atoms with Crippen LogP contribution in [0.5, 0.6) is 11.5 Å². The second-order valence-electron chi connectivity index (χ2n) is 7.87. The van der Waals surface area contributed by atoms with Gasteiger partial charge in [-0.15, -0.1) is 0 Å². The third-order valence-corrected chi connectivity index (χ3v) is 5.68. The van der Waals surface area contributed by atoms with Crippen LogP contribution in [-0.2, 0) is 14.4 Å². The first-order valence-electron chi connectivity index (χ1n) is 11.0. The summed E-state index contributed by atoms with van der Waals surface area (Å²) in [6, 6.07) is 14.6. The fourth-order valence-electron chi connectivity index (χ4n) is 4.18. The predicted octanol–water partition coefficient (Wildman–Crippen LogP) is 3.57. The maximum atomic E-state index is 13.6. The van der Waals surface area contributed by atoms with E-state index in [1.54, 1.807) is 42.5 Å². The van der Waals surface area contributed by atoms with E-state index in [-0.39, 0.29) is 17.5 Å². The number of hydroxylamine groups is 1. The van der Waals surface area contributed by atoms with E-state index in [9.17, 15) is 19.2 Å². The summed E-state index contributed by atoms with van der Waals surface area (Å²) >= 11 is 0. The van der Waals surface area contributed by atoms with Crippen molar-refractivity contribution in [3.63, 3.8) is 0 Å². The molecular formula is C26H24N2O7. The quantitative estimate of drug-likeness (QED) is 0.410. The van der Waals surface area contributed by atoms with Crippen LogP contribution in [0.25, 0.3) is 10.8 Å². The Morgan fingerprint density at radius 2 is 1.77 bits per heavy atom. The van der Waals surface area contributed by atoms with E-state index >= 15 is 0 Å². The van der Waals surface area contributed by atoms with E-state index in [0.29, 0.717) is 29.1 Å². The van der Waals surface area contributed by atoms with Crippen molar-refractivity contribution in [2.75, 3.05) is 13.7 Å². The van der Waals surface area contributed by atoms with Gasteiger partial charge in [0.1, 0.15) is 0 Å². The second kappa shape index (κ2) is 9.84. The average molecular weight is 476 g/mol. The number of methoxy groups -OCH3 is 1. The molecule has 0 saturated carbocycles. The van der Waals surface area contributed by atoms with Crippen molar-refractivity contribution in [2.24, 2.45) is 0 Å². The third kappa shape index (κ3) is 4.52. The van der Waals surface area contributed by atoms with Crippen LogP contribution in [0, 0.1) is 0 Å². The topological polar surface area (TPSA) is 111 Å². The van der Waals surface area contributed by atoms with E-state index in [1.165, 1.54) is 7.11 Å². The maximum absolute atomic E-state index is 13.6. The number of hydrogen-bond donors (Lipinski definition) is 1. The second-order valence-corrected chi connectivity index (χ2v) is 7.87. The Morgan fingerprint density at radius 1 is 1.00 bits per heavy atom. The lowest BCUT2D eigenvalue weighted by molar-refractivity contribution is -0.156. The standard InChI is InChI=1S/C26H24N2O7/c1-4-34-22-13-17(10-12-21(22)33-3)20(14-23(30)27-35-15(2)29)28-25(31)19-11-9-16-7-5-6-8-18(16)24(19)26(28)32/h5-13,20H,4,14H2,1-3H3,(H,27,30)/t20-/m1/s1. The first-order chi connectivity index (χ1) is 16.8. The van der Waals surface area contributed by atoms with Crippen molar-refractivity contribution in [3.8, 4) is 11.5 Å². The molecule has 0 radical (unpaired) electrons. The van der Waals surface area contributed by atoms with Gasteiger partial charge in [0, 0.05) is 6.92 Å². The summed E-state index contributed by atoms with van der Waals surface area (Å²) in [5.74, 6) is -1.55. The molecule has 3 amide bonds. The van der Waals surface area contributed by atoms with Gasteiger partial charge < -0.3 is 14.3 Å². The number of ether oxygens (including phenoxy) is 2. The van der Waals surface area contributed by atoms with Gasteiger partial charge in [-0.1, -0.05) is 36.4 Å². The van der Waals surface area contributed by atoms with Crippen LogP contribution in [0.1, 0.15) is 52.6 Å². The van der Waals surface area contributed by atoms with Crippen LogP contribution in [0.15, 0.2) is 54.6 Å². The molecule has 9 heteroatoms. The molecule has 1 atom stereocenters. The molecule has 1 aliphatic heterocycles. The number of nitrogens with one attached hydrogen (secondary N) is 1. The molecule has 1 heterocycles. The van der Waals surface area contributed by atoms with Gasteiger partial charge in [-0.3, -0.25) is 24.1 Å². The predicted molar refractivity (Wildman–Crippen MR) is 126 cm³/mol. The third-order valence-electron chi connectivity index (χ3n) is 5.68. The van der Waals surface area contributed by atoms with E-state index in [1.807, 2.05) is 19.1 Å². The summed E-state index contributed by atoms with van der Waals surface area (Å²) in [7, 11) is 1.50. The Bertz CT molecular complexity index is 1330. The highest BCUT2D eigenvalue weighted by atomic mass is 16.7. The Hall–Kier alpha value is -4.40. The smallest absolute Gasteiger partial charge is 0.329 e. The van der Waals surface area contributed by atoms with Gasteiger partial charge in [-0.05, 0) is 41.5 Å². The zero-order valence-electron chi connectivity index (χ0n) is 19.5. The number of hydrogen-bond acceptors (Lipinski definition) is 7. The van der Waals surface area contributed by atoms with Crippen molar-refractivity contribution in [1.29, 1.82) is 0 Å². The van der Waals surface area contributed by atoms with Crippen LogP contribution in [0.4, 0.5) is 0 Å². The minimum absolute atomic E-state index is 0.262. The SMILES string of the molecule is CCOc1cc([C@@H](CC(=O)NOC(C)=O)N2C(=O)c3ccc4ccccc4c3C2=O)ccc1OC. The van der Waals surface area contributed by atoms with Crippen molar-refractivity contribution in [1.82, 2.24) is 10.4 Å². The van der Waals surface area contributed by atoms with Gasteiger partial charge in [-0.25, -0.2) is 0 Å². The molecular weight excluding hydrogens is 452 g/mol. The molecule has 1 N–H and O–H groups in total. The summed E-state index contributed by atoms with van der Waals surface area (Å²) in [6.45, 7) is 3.31. The van der Waals surface area contributed by atoms with Crippen molar-refractivity contribution in [2.45, 2.75) is 26.3 Å². The molecule has 1 aliphatic rings. The van der Waals surface area contributed by atoms with Crippen molar-refractivity contribution < 1.29 is 33.5 Å². The number of nitrogens with zero attached hydrogens (tertiary/aromatic N) is 1. The average Bonchev–Trinajstić information content (AvgIpc) is 3.11. The number of fused-ring (bicyclic) bond motifs is 3. The molecule has 3 aromatic rings. The molecule has 0 spiro atoms. The number of carbonyl (C=O) groups excluding carboxylic acids is 4. The molecule has 0 fully saturated rings. The fourth-order valence-corrected chi connectivity index (χ4v) is 4.18. The molecule has 0 unspecified atom stereocenters. The number of carbonyl (C=O) groups is 4. The zero-order chi connectivity index (χ0) is 25.1. The molecule has 180 valence electrons. The highest BCUT2D eigenvalue weighted by Gasteiger charge is 2.42. The minimum atomic E-state index is -0.998. The van der Waals surface area contributed by atoms with Crippen LogP contribution in [-0.4, -0.2) is 42.3 Å². The summed E-state index contributed by atoms with van der Waals surface area (Å²) in [5, 5.41) is 1.47. The molecule has 4 rings (SSSR count). The lowest BCUT2D eigenvalue weighted by Crippen LogP contribution is -2.38. The first-order valence-corrected chi connectivity index (χ1v) is 11.0. The van der Waals surface area contributed by atoms with Gasteiger partial charge in [0.15, 0.2) is 11.5 Å². The van der Waals surface area contributed by atoms with Gasteiger partial charge >= 0.3 is 5.97 Å². The Labute approximate surface area is 201 Å². The fraction of sp³-hybridized carbons (Fsp3) is 0.231. The lowest BCUT2D eigenvalue weighted by Gasteiger charge is -2.27. The maximum Gasteiger partial charge on any atom is 0.329 e. The van der Waals surface area contributed by atoms with Gasteiger partial charge in [0.25, 0.3) is 17.7 Å².